The maximum Gasteiger partial charge on any atom is 0.241 e. The maximum absolute atomic E-state index is 12.2. The largest absolute Gasteiger partial charge is 0.375 e. The number of carbonyl (C=O) groups excluding carboxylic acids is 1. The van der Waals surface area contributed by atoms with Crippen molar-refractivity contribution in [2.45, 2.75) is 26.3 Å². The predicted octanol–water partition coefficient (Wildman–Crippen LogP) is 1.67. The lowest BCUT2D eigenvalue weighted by Gasteiger charge is -2.19. The molecule has 6 heteroatoms. The van der Waals surface area contributed by atoms with Crippen LogP contribution in [0.5, 0.6) is 0 Å². The Balaban J connectivity index is 1.77. The lowest BCUT2D eigenvalue weighted by atomic mass is 10.1. The molecule has 1 heterocycles. The van der Waals surface area contributed by atoms with Gasteiger partial charge in [-0.2, -0.15) is 5.10 Å². The molecule has 0 spiro atoms. The van der Waals surface area contributed by atoms with Crippen LogP contribution >= 0.6 is 0 Å². The number of H-pyrrole nitrogens is 1. The number of anilines is 1. The highest BCUT2D eigenvalue weighted by molar-refractivity contribution is 5.83. The summed E-state index contributed by atoms with van der Waals surface area (Å²) in [5, 5.41) is 9.84. The summed E-state index contributed by atoms with van der Waals surface area (Å²) in [6, 6.07) is 9.49. The van der Waals surface area contributed by atoms with E-state index in [-0.39, 0.29) is 5.91 Å². The van der Waals surface area contributed by atoms with Crippen LogP contribution in [0.4, 0.5) is 5.69 Å². The molecule has 0 aliphatic rings. The predicted molar refractivity (Wildman–Crippen MR) is 92.3 cm³/mol. The number of carbonyl (C=O) groups is 1. The van der Waals surface area contributed by atoms with Crippen molar-refractivity contribution in [3.8, 4) is 0 Å². The Hall–Kier alpha value is -2.34. The Kier molecular flexibility index (Phi) is 5.76. The highest BCUT2D eigenvalue weighted by atomic mass is 16.2. The monoisotopic (exact) mass is 315 g/mol. The summed E-state index contributed by atoms with van der Waals surface area (Å²) in [5.74, 6) is -0.167. The third-order valence-corrected chi connectivity index (χ3v) is 3.95. The fourth-order valence-corrected chi connectivity index (χ4v) is 2.60. The molecule has 2 aromatic rings. The van der Waals surface area contributed by atoms with Gasteiger partial charge in [0, 0.05) is 37.1 Å². The van der Waals surface area contributed by atoms with Crippen LogP contribution in [0, 0.1) is 13.8 Å². The van der Waals surface area contributed by atoms with Gasteiger partial charge in [-0.15, -0.1) is 0 Å². The fraction of sp³-hybridized carbons (Fsp3) is 0.412. The van der Waals surface area contributed by atoms with Crippen molar-refractivity contribution < 1.29 is 4.79 Å². The maximum atomic E-state index is 12.2. The van der Waals surface area contributed by atoms with Crippen molar-refractivity contribution in [1.29, 1.82) is 0 Å². The van der Waals surface area contributed by atoms with E-state index in [0.29, 0.717) is 6.54 Å². The Morgan fingerprint density at radius 1 is 1.35 bits per heavy atom. The Morgan fingerprint density at radius 2 is 2.04 bits per heavy atom. The number of amides is 1. The number of nitrogens with zero attached hydrogens (tertiary/aromatic N) is 2. The third kappa shape index (κ3) is 4.32. The van der Waals surface area contributed by atoms with Crippen molar-refractivity contribution in [3.05, 3.63) is 47.3 Å². The number of hydrogen-bond acceptors (Lipinski definition) is 4. The molecule has 0 saturated heterocycles. The van der Waals surface area contributed by atoms with Gasteiger partial charge in [0.25, 0.3) is 0 Å². The van der Waals surface area contributed by atoms with Gasteiger partial charge < -0.3 is 16.0 Å². The second-order valence-electron chi connectivity index (χ2n) is 5.73. The minimum absolute atomic E-state index is 0.167. The molecule has 1 aromatic carbocycles. The van der Waals surface area contributed by atoms with Crippen LogP contribution in [0.2, 0.25) is 0 Å². The molecule has 23 heavy (non-hydrogen) atoms. The summed E-state index contributed by atoms with van der Waals surface area (Å²) in [6.45, 7) is 5.18. The van der Waals surface area contributed by atoms with E-state index in [4.69, 9.17) is 5.73 Å². The number of nitrogens with two attached hydrogens (primary N) is 1. The number of nitrogens with one attached hydrogen (secondary N) is 2. The molecule has 0 saturated carbocycles. The molecule has 4 N–H and O–H groups in total. The van der Waals surface area contributed by atoms with Gasteiger partial charge in [-0.05, 0) is 32.4 Å². The zero-order valence-electron chi connectivity index (χ0n) is 14.0. The fourth-order valence-electron chi connectivity index (χ4n) is 2.60. The van der Waals surface area contributed by atoms with Crippen LogP contribution in [-0.4, -0.2) is 36.2 Å². The zero-order valence-corrected chi connectivity index (χ0v) is 14.0. The van der Waals surface area contributed by atoms with Gasteiger partial charge in [0.2, 0.25) is 5.91 Å². The van der Waals surface area contributed by atoms with Crippen molar-refractivity contribution in [2.24, 2.45) is 5.73 Å². The molecule has 0 aliphatic carbocycles. The first kappa shape index (κ1) is 17.0. The van der Waals surface area contributed by atoms with Crippen LogP contribution in [0.15, 0.2) is 30.3 Å². The van der Waals surface area contributed by atoms with E-state index >= 15 is 0 Å². The van der Waals surface area contributed by atoms with E-state index < -0.39 is 6.04 Å². The zero-order chi connectivity index (χ0) is 16.8. The van der Waals surface area contributed by atoms with Crippen LogP contribution in [-0.2, 0) is 4.79 Å². The smallest absolute Gasteiger partial charge is 0.241 e. The third-order valence-electron chi connectivity index (χ3n) is 3.95. The van der Waals surface area contributed by atoms with Crippen LogP contribution in [0.25, 0.3) is 0 Å². The number of hydrogen-bond donors (Lipinski definition) is 3. The first-order chi connectivity index (χ1) is 11.0. The van der Waals surface area contributed by atoms with Crippen molar-refractivity contribution in [3.63, 3.8) is 0 Å². The van der Waals surface area contributed by atoms with Gasteiger partial charge in [0.05, 0.1) is 5.69 Å². The van der Waals surface area contributed by atoms with Crippen molar-refractivity contribution in [2.75, 3.05) is 25.0 Å². The first-order valence-electron chi connectivity index (χ1n) is 7.81. The number of aromatic amines is 1. The second kappa shape index (κ2) is 7.78. The van der Waals surface area contributed by atoms with Crippen LogP contribution in [0.3, 0.4) is 0 Å². The van der Waals surface area contributed by atoms with Gasteiger partial charge in [0.15, 0.2) is 0 Å². The molecule has 6 nitrogen and oxygen atoms in total. The number of rotatable bonds is 7. The quantitative estimate of drug-likeness (QED) is 0.678. The summed E-state index contributed by atoms with van der Waals surface area (Å²) < 4.78 is 0. The minimum Gasteiger partial charge on any atom is -0.375 e. The Morgan fingerprint density at radius 3 is 2.65 bits per heavy atom. The molecule has 1 amide bonds. The Labute approximate surface area is 137 Å². The number of aromatic nitrogens is 2. The standard InChI is InChI=1S/C17H25N5O/c1-12-15(13(2)21-20-12)16(18)17(23)19-10-7-11-22(3)14-8-5-4-6-9-14/h4-6,8-9,16H,7,10-11,18H2,1-3H3,(H,19,23)(H,20,21)/t16-/m0/s1. The Bertz CT molecular complexity index is 618. The van der Waals surface area contributed by atoms with Gasteiger partial charge in [-0.1, -0.05) is 18.2 Å². The number of para-hydroxylation sites is 1. The first-order valence-corrected chi connectivity index (χ1v) is 7.81. The summed E-state index contributed by atoms with van der Waals surface area (Å²) in [5.41, 5.74) is 9.60. The van der Waals surface area contributed by atoms with Gasteiger partial charge in [-0.25, -0.2) is 0 Å². The van der Waals surface area contributed by atoms with E-state index in [2.05, 4.69) is 32.5 Å². The topological polar surface area (TPSA) is 87.0 Å². The van der Waals surface area contributed by atoms with Gasteiger partial charge >= 0.3 is 0 Å². The van der Waals surface area contributed by atoms with Crippen LogP contribution in [0.1, 0.15) is 29.4 Å². The molecule has 0 aliphatic heterocycles. The SMILES string of the molecule is Cc1n[nH]c(C)c1[C@H](N)C(=O)NCCCN(C)c1ccccc1. The summed E-state index contributed by atoms with van der Waals surface area (Å²) in [6.07, 6.45) is 0.854. The lowest BCUT2D eigenvalue weighted by Crippen LogP contribution is -2.36. The van der Waals surface area contributed by atoms with E-state index in [0.717, 1.165) is 29.9 Å². The van der Waals surface area contributed by atoms with Crippen molar-refractivity contribution >= 4 is 11.6 Å². The van der Waals surface area contributed by atoms with E-state index in [1.165, 1.54) is 5.69 Å². The summed E-state index contributed by atoms with van der Waals surface area (Å²) >= 11 is 0. The molecular weight excluding hydrogens is 290 g/mol. The van der Waals surface area contributed by atoms with E-state index in [9.17, 15) is 4.79 Å². The molecule has 2 rings (SSSR count). The summed E-state index contributed by atoms with van der Waals surface area (Å²) in [7, 11) is 2.04. The van der Waals surface area contributed by atoms with Crippen LogP contribution < -0.4 is 16.0 Å². The lowest BCUT2D eigenvalue weighted by molar-refractivity contribution is -0.122. The minimum atomic E-state index is -0.680. The second-order valence-corrected chi connectivity index (χ2v) is 5.73. The van der Waals surface area contributed by atoms with Crippen molar-refractivity contribution in [1.82, 2.24) is 15.5 Å². The average Bonchev–Trinajstić information content (AvgIpc) is 2.90. The molecule has 0 radical (unpaired) electrons. The van der Waals surface area contributed by atoms with Gasteiger partial charge in [-0.3, -0.25) is 9.89 Å². The summed E-state index contributed by atoms with van der Waals surface area (Å²) in [4.78, 5) is 14.3. The number of aryl methyl sites for hydroxylation is 2. The molecule has 1 aromatic heterocycles. The molecule has 124 valence electrons. The molecule has 1 atom stereocenters. The average molecular weight is 315 g/mol. The highest BCUT2D eigenvalue weighted by Crippen LogP contribution is 2.17. The van der Waals surface area contributed by atoms with Gasteiger partial charge in [0.1, 0.15) is 6.04 Å². The molecule has 0 unspecified atom stereocenters. The molecular formula is C17H25N5O. The highest BCUT2D eigenvalue weighted by Gasteiger charge is 2.21. The number of benzene rings is 1. The molecule has 0 fully saturated rings. The van der Waals surface area contributed by atoms with E-state index in [1.807, 2.05) is 39.1 Å². The molecule has 0 bridgehead atoms. The van der Waals surface area contributed by atoms with E-state index in [1.54, 1.807) is 0 Å². The normalized spacial score (nSPS) is 12.0.